The summed E-state index contributed by atoms with van der Waals surface area (Å²) >= 11 is 0. The summed E-state index contributed by atoms with van der Waals surface area (Å²) in [5, 5.41) is 4.26. The number of rotatable bonds is 8. The normalized spacial score (nSPS) is 11.0. The van der Waals surface area contributed by atoms with Crippen LogP contribution < -0.4 is 19.6 Å². The Hall–Kier alpha value is -4.85. The molecule has 0 atom stereocenters. The molecule has 4 aromatic rings. The van der Waals surface area contributed by atoms with Crippen LogP contribution in [-0.2, 0) is 0 Å². The van der Waals surface area contributed by atoms with Gasteiger partial charge in [-0.1, -0.05) is 18.2 Å². The number of benzene rings is 3. The van der Waals surface area contributed by atoms with Gasteiger partial charge in [0, 0.05) is 18.0 Å². The molecule has 0 unspecified atom stereocenters. The van der Waals surface area contributed by atoms with Crippen LogP contribution in [0.5, 0.6) is 17.2 Å². The van der Waals surface area contributed by atoms with Crippen LogP contribution in [0.3, 0.4) is 0 Å². The van der Waals surface area contributed by atoms with Gasteiger partial charge in [0.2, 0.25) is 0 Å². The predicted molar refractivity (Wildman–Crippen MR) is 136 cm³/mol. The molecule has 0 bridgehead atoms. The van der Waals surface area contributed by atoms with E-state index >= 15 is 0 Å². The lowest BCUT2D eigenvalue weighted by Gasteiger charge is -2.12. The first-order valence-electron chi connectivity index (χ1n) is 11.1. The monoisotopic (exact) mass is 483 g/mol. The van der Waals surface area contributed by atoms with Crippen LogP contribution in [0.2, 0.25) is 0 Å². The molecule has 0 radical (unpaired) electrons. The molecule has 8 heteroatoms. The van der Waals surface area contributed by atoms with Gasteiger partial charge in [0.25, 0.3) is 5.91 Å². The van der Waals surface area contributed by atoms with Crippen LogP contribution in [0.1, 0.15) is 33.2 Å². The molecule has 3 aromatic carbocycles. The lowest BCUT2D eigenvalue weighted by atomic mass is 10.1. The average Bonchev–Trinajstić information content (AvgIpc) is 3.46. The quantitative estimate of drug-likeness (QED) is 0.167. The van der Waals surface area contributed by atoms with Crippen molar-refractivity contribution in [2.24, 2.45) is 5.10 Å². The second kappa shape index (κ2) is 11.1. The van der Waals surface area contributed by atoms with E-state index in [1.54, 1.807) is 61.5 Å². The standard InChI is InChI=1S/C28H25N3O5/c1-19(29-30-27(32)23-11-4-5-12-24(23)31-15-6-7-16-31)20-13-14-25(26(18-20)35-3)36-28(33)21-9-8-10-22(17-21)34-2/h4-18H,1-3H3,(H,30,32)/b29-19+. The molecule has 1 amide bonds. The lowest BCUT2D eigenvalue weighted by molar-refractivity contribution is 0.0729. The molecule has 0 aliphatic carbocycles. The van der Waals surface area contributed by atoms with Crippen LogP contribution in [0, 0.1) is 0 Å². The van der Waals surface area contributed by atoms with Gasteiger partial charge in [-0.05, 0) is 67.6 Å². The molecular formula is C28H25N3O5. The Bertz CT molecular complexity index is 1410. The summed E-state index contributed by atoms with van der Waals surface area (Å²) in [6.45, 7) is 1.76. The summed E-state index contributed by atoms with van der Waals surface area (Å²) in [5.74, 6) is 0.277. The molecule has 0 saturated carbocycles. The first-order chi connectivity index (χ1) is 17.5. The highest BCUT2D eigenvalue weighted by Gasteiger charge is 2.15. The van der Waals surface area contributed by atoms with E-state index in [0.717, 1.165) is 5.69 Å². The van der Waals surface area contributed by atoms with Gasteiger partial charge in [0.05, 0.1) is 36.7 Å². The smallest absolute Gasteiger partial charge is 0.343 e. The first kappa shape index (κ1) is 24.3. The number of hydrogen-bond donors (Lipinski definition) is 1. The molecule has 0 aliphatic rings. The average molecular weight is 484 g/mol. The second-order valence-electron chi connectivity index (χ2n) is 7.73. The number of carbonyl (C=O) groups excluding carboxylic acids is 2. The number of aromatic nitrogens is 1. The number of methoxy groups -OCH3 is 2. The first-order valence-corrected chi connectivity index (χ1v) is 11.1. The van der Waals surface area contributed by atoms with Crippen LogP contribution in [-0.4, -0.2) is 36.4 Å². The third kappa shape index (κ3) is 5.44. The van der Waals surface area contributed by atoms with E-state index in [2.05, 4.69) is 10.5 Å². The Labute approximate surface area is 208 Å². The third-order valence-corrected chi connectivity index (χ3v) is 5.45. The molecular weight excluding hydrogens is 458 g/mol. The highest BCUT2D eigenvalue weighted by molar-refractivity contribution is 6.02. The van der Waals surface area contributed by atoms with Gasteiger partial charge in [0.1, 0.15) is 5.75 Å². The fourth-order valence-corrected chi connectivity index (χ4v) is 3.53. The van der Waals surface area contributed by atoms with Crippen LogP contribution in [0.25, 0.3) is 5.69 Å². The molecule has 0 aliphatic heterocycles. The minimum atomic E-state index is -0.543. The molecule has 0 spiro atoms. The van der Waals surface area contributed by atoms with Gasteiger partial charge >= 0.3 is 5.97 Å². The maximum absolute atomic E-state index is 12.9. The zero-order valence-corrected chi connectivity index (χ0v) is 20.1. The SMILES string of the molecule is COc1cccc(C(=O)Oc2ccc(/C(C)=N/NC(=O)c3ccccc3-n3cccc3)cc2OC)c1. The number of esters is 1. The zero-order valence-electron chi connectivity index (χ0n) is 20.1. The van der Waals surface area contributed by atoms with Crippen molar-refractivity contribution in [2.45, 2.75) is 6.92 Å². The highest BCUT2D eigenvalue weighted by Crippen LogP contribution is 2.29. The van der Waals surface area contributed by atoms with Gasteiger partial charge in [0.15, 0.2) is 11.5 Å². The van der Waals surface area contributed by atoms with E-state index in [0.29, 0.717) is 33.9 Å². The Morgan fingerprint density at radius 1 is 0.806 bits per heavy atom. The van der Waals surface area contributed by atoms with E-state index < -0.39 is 5.97 Å². The van der Waals surface area contributed by atoms with E-state index in [1.807, 2.05) is 41.2 Å². The molecule has 4 rings (SSSR count). The van der Waals surface area contributed by atoms with Gasteiger partial charge in [-0.25, -0.2) is 10.2 Å². The summed E-state index contributed by atoms with van der Waals surface area (Å²) < 4.78 is 18.0. The number of nitrogens with zero attached hydrogens (tertiary/aromatic N) is 2. The summed E-state index contributed by atoms with van der Waals surface area (Å²) in [5.41, 5.74) is 5.43. The molecule has 1 heterocycles. The van der Waals surface area contributed by atoms with Crippen LogP contribution in [0.4, 0.5) is 0 Å². The van der Waals surface area contributed by atoms with Crippen molar-refractivity contribution in [2.75, 3.05) is 14.2 Å². The Kier molecular flexibility index (Phi) is 7.45. The fraction of sp³-hybridized carbons (Fsp3) is 0.107. The highest BCUT2D eigenvalue weighted by atomic mass is 16.6. The molecule has 0 saturated heterocycles. The maximum Gasteiger partial charge on any atom is 0.343 e. The van der Waals surface area contributed by atoms with Crippen molar-refractivity contribution >= 4 is 17.6 Å². The third-order valence-electron chi connectivity index (χ3n) is 5.45. The number of nitrogens with one attached hydrogen (secondary N) is 1. The minimum Gasteiger partial charge on any atom is -0.497 e. The number of amides is 1. The predicted octanol–water partition coefficient (Wildman–Crippen LogP) is 4.87. The number of para-hydroxylation sites is 1. The minimum absolute atomic E-state index is 0.256. The molecule has 182 valence electrons. The molecule has 0 fully saturated rings. The summed E-state index contributed by atoms with van der Waals surface area (Å²) in [4.78, 5) is 25.4. The van der Waals surface area contributed by atoms with Crippen molar-refractivity contribution in [3.05, 3.63) is 108 Å². The Balaban J connectivity index is 1.49. The van der Waals surface area contributed by atoms with Gasteiger partial charge in [-0.3, -0.25) is 4.79 Å². The maximum atomic E-state index is 12.9. The zero-order chi connectivity index (χ0) is 25.5. The number of ether oxygens (including phenoxy) is 3. The van der Waals surface area contributed by atoms with Crippen molar-refractivity contribution in [1.82, 2.24) is 9.99 Å². The van der Waals surface area contributed by atoms with Crippen LogP contribution >= 0.6 is 0 Å². The van der Waals surface area contributed by atoms with E-state index in [4.69, 9.17) is 14.2 Å². The molecule has 36 heavy (non-hydrogen) atoms. The second-order valence-corrected chi connectivity index (χ2v) is 7.73. The van der Waals surface area contributed by atoms with Crippen molar-refractivity contribution < 1.29 is 23.8 Å². The number of hydrogen-bond acceptors (Lipinski definition) is 6. The van der Waals surface area contributed by atoms with Gasteiger partial charge < -0.3 is 18.8 Å². The summed E-state index contributed by atoms with van der Waals surface area (Å²) in [6, 6.07) is 22.8. The Morgan fingerprint density at radius 2 is 1.58 bits per heavy atom. The van der Waals surface area contributed by atoms with Crippen molar-refractivity contribution in [3.8, 4) is 22.9 Å². The molecule has 1 aromatic heterocycles. The topological polar surface area (TPSA) is 91.2 Å². The van der Waals surface area contributed by atoms with Crippen molar-refractivity contribution in [3.63, 3.8) is 0 Å². The van der Waals surface area contributed by atoms with Gasteiger partial charge in [-0.2, -0.15) is 5.10 Å². The van der Waals surface area contributed by atoms with E-state index in [1.165, 1.54) is 14.2 Å². The molecule has 8 nitrogen and oxygen atoms in total. The van der Waals surface area contributed by atoms with Gasteiger partial charge in [-0.15, -0.1) is 0 Å². The van der Waals surface area contributed by atoms with E-state index in [-0.39, 0.29) is 11.7 Å². The number of hydrazone groups is 1. The lowest BCUT2D eigenvalue weighted by Crippen LogP contribution is -2.21. The Morgan fingerprint density at radius 3 is 2.33 bits per heavy atom. The van der Waals surface area contributed by atoms with E-state index in [9.17, 15) is 9.59 Å². The largest absolute Gasteiger partial charge is 0.497 e. The summed E-state index contributed by atoms with van der Waals surface area (Å²) in [7, 11) is 3.01. The van der Waals surface area contributed by atoms with Crippen LogP contribution in [0.15, 0.2) is 96.4 Å². The summed E-state index contributed by atoms with van der Waals surface area (Å²) in [6.07, 6.45) is 3.74. The fourth-order valence-electron chi connectivity index (χ4n) is 3.53. The van der Waals surface area contributed by atoms with Crippen molar-refractivity contribution in [1.29, 1.82) is 0 Å². The molecule has 1 N–H and O–H groups in total. The number of carbonyl (C=O) groups is 2.